The molecule has 1 heterocycles. The summed E-state index contributed by atoms with van der Waals surface area (Å²) in [5, 5.41) is 6.73. The highest BCUT2D eigenvalue weighted by molar-refractivity contribution is 14.0. The summed E-state index contributed by atoms with van der Waals surface area (Å²) >= 11 is 0. The second kappa shape index (κ2) is 9.99. The normalized spacial score (nSPS) is 16.1. The summed E-state index contributed by atoms with van der Waals surface area (Å²) in [6, 6.07) is 7.32. The van der Waals surface area contributed by atoms with E-state index in [4.69, 9.17) is 0 Å². The van der Waals surface area contributed by atoms with E-state index in [1.165, 1.54) is 12.8 Å². The van der Waals surface area contributed by atoms with E-state index in [0.29, 0.717) is 6.04 Å². The van der Waals surface area contributed by atoms with Crippen LogP contribution in [-0.4, -0.2) is 55.1 Å². The fraction of sp³-hybridized carbons (Fsp3) is 0.625. The molecule has 1 aliphatic carbocycles. The highest BCUT2D eigenvalue weighted by Crippen LogP contribution is 2.26. The maximum absolute atomic E-state index is 4.32. The van der Waals surface area contributed by atoms with Crippen molar-refractivity contribution in [1.29, 1.82) is 0 Å². The molecule has 1 fully saturated rings. The Labute approximate surface area is 151 Å². The minimum atomic E-state index is 0. The summed E-state index contributed by atoms with van der Waals surface area (Å²) < 4.78 is 0. The van der Waals surface area contributed by atoms with Gasteiger partial charge in [-0.1, -0.05) is 6.07 Å². The predicted octanol–water partition coefficient (Wildman–Crippen LogP) is 1.89. The number of rotatable bonds is 7. The highest BCUT2D eigenvalue weighted by atomic mass is 127. The first kappa shape index (κ1) is 19.2. The average Bonchev–Trinajstić information content (AvgIpc) is 3.35. The minimum Gasteiger partial charge on any atom is -0.356 e. The molecule has 22 heavy (non-hydrogen) atoms. The summed E-state index contributed by atoms with van der Waals surface area (Å²) in [6.07, 6.45) is 5.42. The average molecular weight is 417 g/mol. The molecule has 0 bridgehead atoms. The monoisotopic (exact) mass is 417 g/mol. The summed E-state index contributed by atoms with van der Waals surface area (Å²) in [6.45, 7) is 4.01. The first-order valence-corrected chi connectivity index (χ1v) is 7.77. The van der Waals surface area contributed by atoms with Crippen molar-refractivity contribution in [3.63, 3.8) is 0 Å². The van der Waals surface area contributed by atoms with Gasteiger partial charge in [0.25, 0.3) is 0 Å². The van der Waals surface area contributed by atoms with Crippen LogP contribution >= 0.6 is 24.0 Å². The van der Waals surface area contributed by atoms with Gasteiger partial charge in [0.05, 0.1) is 0 Å². The van der Waals surface area contributed by atoms with E-state index >= 15 is 0 Å². The van der Waals surface area contributed by atoms with Crippen LogP contribution in [0, 0.1) is 0 Å². The third-order valence-corrected chi connectivity index (χ3v) is 4.01. The maximum Gasteiger partial charge on any atom is 0.191 e. The van der Waals surface area contributed by atoms with Crippen molar-refractivity contribution >= 4 is 29.9 Å². The van der Waals surface area contributed by atoms with E-state index in [0.717, 1.165) is 37.2 Å². The molecule has 5 nitrogen and oxygen atoms in total. The van der Waals surface area contributed by atoms with Gasteiger partial charge in [-0.15, -0.1) is 24.0 Å². The van der Waals surface area contributed by atoms with Gasteiger partial charge in [0.1, 0.15) is 0 Å². The van der Waals surface area contributed by atoms with Crippen LogP contribution in [0.3, 0.4) is 0 Å². The molecule has 124 valence electrons. The van der Waals surface area contributed by atoms with Gasteiger partial charge in [-0.3, -0.25) is 14.9 Å². The van der Waals surface area contributed by atoms with Gasteiger partial charge in [-0.05, 0) is 38.9 Å². The quantitative estimate of drug-likeness (QED) is 0.404. The number of aliphatic imine (C=N–C) groups is 1. The topological polar surface area (TPSA) is 52.6 Å². The molecule has 1 aliphatic rings. The van der Waals surface area contributed by atoms with Crippen LogP contribution in [0.2, 0.25) is 0 Å². The Kier molecular flexibility index (Phi) is 8.70. The first-order valence-electron chi connectivity index (χ1n) is 7.77. The number of hydrogen-bond donors (Lipinski definition) is 2. The molecule has 0 amide bonds. The van der Waals surface area contributed by atoms with Crippen LogP contribution in [-0.2, 0) is 6.42 Å². The Morgan fingerprint density at radius 2 is 2.18 bits per heavy atom. The molecule has 1 unspecified atom stereocenters. The number of pyridine rings is 1. The van der Waals surface area contributed by atoms with Crippen molar-refractivity contribution in [1.82, 2.24) is 20.5 Å². The molecule has 1 aromatic rings. The predicted molar refractivity (Wildman–Crippen MR) is 103 cm³/mol. The number of guanidine groups is 1. The van der Waals surface area contributed by atoms with Crippen molar-refractivity contribution in [2.45, 2.75) is 38.3 Å². The molecule has 0 aromatic carbocycles. The summed E-state index contributed by atoms with van der Waals surface area (Å²) in [7, 11) is 4.02. The van der Waals surface area contributed by atoms with Crippen LogP contribution in [0.1, 0.15) is 25.5 Å². The number of halogens is 1. The van der Waals surface area contributed by atoms with Gasteiger partial charge in [0.2, 0.25) is 0 Å². The van der Waals surface area contributed by atoms with E-state index in [1.807, 2.05) is 31.4 Å². The number of nitrogens with one attached hydrogen (secondary N) is 2. The highest BCUT2D eigenvalue weighted by Gasteiger charge is 2.28. The largest absolute Gasteiger partial charge is 0.356 e. The van der Waals surface area contributed by atoms with E-state index in [2.05, 4.69) is 39.5 Å². The number of aromatic nitrogens is 1. The Morgan fingerprint density at radius 1 is 1.41 bits per heavy atom. The molecule has 1 aromatic heterocycles. The van der Waals surface area contributed by atoms with Gasteiger partial charge in [-0.25, -0.2) is 0 Å². The maximum atomic E-state index is 4.32. The second-order valence-corrected chi connectivity index (χ2v) is 5.70. The molecule has 0 radical (unpaired) electrons. The Hall–Kier alpha value is -0.890. The Balaban J connectivity index is 0.00000242. The first-order chi connectivity index (χ1) is 10.2. The molecule has 2 rings (SSSR count). The SMILES string of the molecule is CN=C(NCCc1ccccn1)NCC(C)N(C)C1CC1.I. The van der Waals surface area contributed by atoms with Crippen LogP contribution in [0.15, 0.2) is 29.4 Å². The molecule has 1 atom stereocenters. The van der Waals surface area contributed by atoms with Crippen LogP contribution in [0.4, 0.5) is 0 Å². The molecule has 0 aliphatic heterocycles. The standard InChI is InChI=1S/C16H27N5.HI/c1-13(21(3)15-7-8-15)12-20-16(17-2)19-11-9-14-6-4-5-10-18-14;/h4-6,10,13,15H,7-9,11-12H2,1-3H3,(H2,17,19,20);1H. The lowest BCUT2D eigenvalue weighted by molar-refractivity contribution is 0.247. The lowest BCUT2D eigenvalue weighted by Gasteiger charge is -2.25. The molecule has 2 N–H and O–H groups in total. The van der Waals surface area contributed by atoms with Gasteiger partial charge in [-0.2, -0.15) is 0 Å². The molecule has 0 spiro atoms. The van der Waals surface area contributed by atoms with Crippen molar-refractivity contribution in [3.05, 3.63) is 30.1 Å². The summed E-state index contributed by atoms with van der Waals surface area (Å²) in [5.74, 6) is 0.863. The number of likely N-dealkylation sites (N-methyl/N-ethyl adjacent to an activating group) is 1. The van der Waals surface area contributed by atoms with E-state index in [9.17, 15) is 0 Å². The fourth-order valence-corrected chi connectivity index (χ4v) is 2.31. The summed E-state index contributed by atoms with van der Waals surface area (Å²) in [5.41, 5.74) is 1.10. The van der Waals surface area contributed by atoms with Crippen molar-refractivity contribution < 1.29 is 0 Å². The van der Waals surface area contributed by atoms with Gasteiger partial charge >= 0.3 is 0 Å². The van der Waals surface area contributed by atoms with Gasteiger partial charge < -0.3 is 10.6 Å². The fourth-order valence-electron chi connectivity index (χ4n) is 2.31. The molecular formula is C16H28IN5. The molecular weight excluding hydrogens is 389 g/mol. The Morgan fingerprint density at radius 3 is 2.77 bits per heavy atom. The van der Waals surface area contributed by atoms with E-state index in [1.54, 1.807) is 0 Å². The van der Waals surface area contributed by atoms with Crippen molar-refractivity contribution in [3.8, 4) is 0 Å². The lowest BCUT2D eigenvalue weighted by atomic mass is 10.3. The minimum absolute atomic E-state index is 0. The Bertz CT molecular complexity index is 447. The van der Waals surface area contributed by atoms with Crippen LogP contribution in [0.5, 0.6) is 0 Å². The third kappa shape index (κ3) is 6.48. The van der Waals surface area contributed by atoms with Crippen molar-refractivity contribution in [2.24, 2.45) is 4.99 Å². The molecule has 6 heteroatoms. The van der Waals surface area contributed by atoms with E-state index in [-0.39, 0.29) is 24.0 Å². The summed E-state index contributed by atoms with van der Waals surface area (Å²) in [4.78, 5) is 11.0. The zero-order chi connectivity index (χ0) is 15.1. The van der Waals surface area contributed by atoms with Gasteiger partial charge in [0.15, 0.2) is 5.96 Å². The zero-order valence-electron chi connectivity index (χ0n) is 13.7. The molecule has 0 saturated heterocycles. The number of nitrogens with zero attached hydrogens (tertiary/aromatic N) is 3. The van der Waals surface area contributed by atoms with Crippen LogP contribution < -0.4 is 10.6 Å². The van der Waals surface area contributed by atoms with Crippen LogP contribution in [0.25, 0.3) is 0 Å². The zero-order valence-corrected chi connectivity index (χ0v) is 16.1. The van der Waals surface area contributed by atoms with E-state index < -0.39 is 0 Å². The molecule has 1 saturated carbocycles. The third-order valence-electron chi connectivity index (χ3n) is 4.01. The second-order valence-electron chi connectivity index (χ2n) is 5.70. The lowest BCUT2D eigenvalue weighted by Crippen LogP contribution is -2.45. The smallest absolute Gasteiger partial charge is 0.191 e. The van der Waals surface area contributed by atoms with Gasteiger partial charge in [0, 0.05) is 50.5 Å². The number of hydrogen-bond acceptors (Lipinski definition) is 3. The van der Waals surface area contributed by atoms with Crippen molar-refractivity contribution in [2.75, 3.05) is 27.2 Å².